The summed E-state index contributed by atoms with van der Waals surface area (Å²) in [6.45, 7) is 47.7. The van der Waals surface area contributed by atoms with Gasteiger partial charge in [-0.2, -0.15) is 0 Å². The predicted molar refractivity (Wildman–Crippen MR) is 376 cm³/mol. The number of morpholine rings is 1. The van der Waals surface area contributed by atoms with Crippen LogP contribution < -0.4 is 4.98 Å². The number of aryl methyl sites for hydroxylation is 1. The number of hydrogen-bond acceptors (Lipinski definition) is 7. The van der Waals surface area contributed by atoms with Gasteiger partial charge in [-0.25, -0.2) is 4.98 Å². The lowest BCUT2D eigenvalue weighted by Crippen LogP contribution is -2.36. The third-order valence-electron chi connectivity index (χ3n) is 16.8. The average Bonchev–Trinajstić information content (AvgIpc) is 2.51. The summed E-state index contributed by atoms with van der Waals surface area (Å²) in [7, 11) is 0. The first-order valence-corrected chi connectivity index (χ1v) is 33.4. The van der Waals surface area contributed by atoms with Crippen molar-refractivity contribution in [2.24, 2.45) is 5.41 Å². The number of nitrogens with zero attached hydrogens (tertiary/aromatic N) is 6. The van der Waals surface area contributed by atoms with Gasteiger partial charge in [0.1, 0.15) is 0 Å². The molecule has 89 heavy (non-hydrogen) atoms. The van der Waals surface area contributed by atoms with Crippen molar-refractivity contribution in [3.05, 3.63) is 213 Å². The minimum atomic E-state index is 0.0967. The zero-order chi connectivity index (χ0) is 65.0. The molecule has 0 spiro atoms. The Kier molecular flexibility index (Phi) is 23.9. The summed E-state index contributed by atoms with van der Waals surface area (Å²) in [4.78, 5) is 27.3. The number of aromatic amines is 1. The number of rotatable bonds is 7. The van der Waals surface area contributed by atoms with Crippen LogP contribution in [0.4, 0.5) is 0 Å². The highest BCUT2D eigenvalue weighted by Crippen LogP contribution is 2.46. The van der Waals surface area contributed by atoms with Crippen LogP contribution in [0.15, 0.2) is 147 Å². The Morgan fingerprint density at radius 2 is 1.04 bits per heavy atom. The van der Waals surface area contributed by atoms with Crippen LogP contribution in [0.5, 0.6) is 0 Å². The lowest BCUT2D eigenvalue weighted by molar-refractivity contribution is -0.391. The molecule has 3 aliphatic carbocycles. The minimum Gasteiger partial charge on any atom is -0.379 e. The largest absolute Gasteiger partial charge is 0.379 e. The van der Waals surface area contributed by atoms with Gasteiger partial charge in [0.2, 0.25) is 0 Å². The van der Waals surface area contributed by atoms with Gasteiger partial charge in [-0.1, -0.05) is 173 Å². The van der Waals surface area contributed by atoms with Gasteiger partial charge in [-0.3, -0.25) is 29.8 Å². The molecule has 12 rings (SSSR count). The highest BCUT2D eigenvalue weighted by atomic mass is 35.5. The van der Waals surface area contributed by atoms with E-state index < -0.39 is 0 Å². The SMILES string of the molecule is CC(C)(C)c1ccc[nH+]c1C1CC1.CC(C)(C)c1ccccc1CN1CCOCC1.CC(C)(C)c1cccnc1-c1cccnc1.CC(C)(C)c1ccncc1C1CC1.CC(C)(C)c1cnccc1C1CC1.Cc1cc(Cl)c2ncccc2c1CC(C)(C)C. The Hall–Kier alpha value is -6.19. The summed E-state index contributed by atoms with van der Waals surface area (Å²) in [5.41, 5.74) is 20.1. The number of nitrogens with one attached hydrogen (secondary N) is 1. The van der Waals surface area contributed by atoms with E-state index in [9.17, 15) is 0 Å². The first-order chi connectivity index (χ1) is 41.8. The highest BCUT2D eigenvalue weighted by molar-refractivity contribution is 6.35. The number of hydrogen-bond donors (Lipinski definition) is 0. The van der Waals surface area contributed by atoms with Gasteiger partial charge >= 0.3 is 0 Å². The van der Waals surface area contributed by atoms with Crippen LogP contribution in [0.2, 0.25) is 5.02 Å². The van der Waals surface area contributed by atoms with Gasteiger partial charge in [0.25, 0.3) is 0 Å². The molecule has 6 aromatic heterocycles. The van der Waals surface area contributed by atoms with Crippen LogP contribution in [-0.2, 0) is 44.8 Å². The Morgan fingerprint density at radius 3 is 1.64 bits per heavy atom. The van der Waals surface area contributed by atoms with Gasteiger partial charge in [0, 0.05) is 97.7 Å². The van der Waals surface area contributed by atoms with E-state index in [4.69, 9.17) is 16.3 Å². The molecule has 0 amide bonds. The Labute approximate surface area is 543 Å². The van der Waals surface area contributed by atoms with Crippen LogP contribution in [-0.4, -0.2) is 56.1 Å². The Bertz CT molecular complexity index is 3340. The molecule has 3 saturated carbocycles. The first-order valence-electron chi connectivity index (χ1n) is 33.0. The lowest BCUT2D eigenvalue weighted by Gasteiger charge is -2.30. The van der Waals surface area contributed by atoms with Gasteiger partial charge in [-0.05, 0) is 195 Å². The fourth-order valence-corrected chi connectivity index (χ4v) is 12.0. The number of H-pyrrole nitrogens is 1. The van der Waals surface area contributed by atoms with Crippen molar-refractivity contribution in [3.8, 4) is 11.3 Å². The number of halogens is 1. The molecule has 9 heteroatoms. The van der Waals surface area contributed by atoms with Gasteiger partial charge in [0.15, 0.2) is 11.9 Å². The molecule has 4 fully saturated rings. The molecule has 1 N–H and O–H groups in total. The van der Waals surface area contributed by atoms with Crippen LogP contribution in [0.25, 0.3) is 22.2 Å². The number of ether oxygens (including phenoxy) is 1. The third-order valence-corrected chi connectivity index (χ3v) is 17.1. The van der Waals surface area contributed by atoms with Crippen LogP contribution in [0, 0.1) is 12.3 Å². The maximum atomic E-state index is 6.24. The number of pyridine rings is 6. The molecule has 7 heterocycles. The maximum Gasteiger partial charge on any atom is 0.186 e. The van der Waals surface area contributed by atoms with E-state index in [-0.39, 0.29) is 32.5 Å². The third kappa shape index (κ3) is 21.5. The van der Waals surface area contributed by atoms with E-state index in [2.05, 4.69) is 233 Å². The fraction of sp³-hybridized carbons (Fsp3) is 0.500. The van der Waals surface area contributed by atoms with Gasteiger partial charge in [-0.15, -0.1) is 0 Å². The normalized spacial score (nSPS) is 15.5. The second-order valence-corrected chi connectivity index (χ2v) is 31.9. The van der Waals surface area contributed by atoms with Crippen molar-refractivity contribution in [1.29, 1.82) is 0 Å². The molecule has 0 atom stereocenters. The molecule has 8 nitrogen and oxygen atoms in total. The molecule has 2 aromatic carbocycles. The Balaban J connectivity index is 0.000000153. The summed E-state index contributed by atoms with van der Waals surface area (Å²) in [5, 5.41) is 1.93. The van der Waals surface area contributed by atoms with Gasteiger partial charge in [0.05, 0.1) is 29.4 Å². The standard InChI is InChI=1S/C15H18ClN.C15H23NO.C14H16N2.3C12H17N/c1-10-8-13(16)14-11(6-5-7-17-14)12(10)9-15(2,3)4;1-15(2,3)14-7-5-4-6-13(14)12-16-8-10-17-11-9-16;1-14(2,3)12-7-5-9-16-13(12)11-6-4-8-15-10-11;1-12(2,3)11-6-7-13-8-10(11)9-4-5-9;1-12(2,3)11-8-13-7-6-10(11)9-4-5-9;1-12(2,3)10-5-4-8-13-11(10)9-6-7-9/h5-8H,9H2,1-4H3;4-7H,8-12H2,1-3H3;4-10H,1-3H3;2*6-9H,4-5H2,1-3H3;4-5,8-9H,6-7H2,1-3H3/p+1. The minimum absolute atomic E-state index is 0.0967. The lowest BCUT2D eigenvalue weighted by atomic mass is 9.83. The summed E-state index contributed by atoms with van der Waals surface area (Å²) in [5.74, 6) is 2.45. The Morgan fingerprint density at radius 1 is 0.506 bits per heavy atom. The molecule has 0 unspecified atom stereocenters. The van der Waals surface area contributed by atoms with Crippen LogP contribution in [0.3, 0.4) is 0 Å². The molecule has 4 aliphatic rings. The monoisotopic (exact) mass is 1220 g/mol. The summed E-state index contributed by atoms with van der Waals surface area (Å²) < 4.78 is 5.39. The number of benzene rings is 2. The second kappa shape index (κ2) is 30.3. The molecule has 0 bridgehead atoms. The summed E-state index contributed by atoms with van der Waals surface area (Å²) >= 11 is 6.24. The van der Waals surface area contributed by atoms with Crippen molar-refractivity contribution in [2.45, 2.75) is 228 Å². The van der Waals surface area contributed by atoms with Crippen LogP contribution >= 0.6 is 11.6 Å². The van der Waals surface area contributed by atoms with Gasteiger partial charge < -0.3 is 4.74 Å². The smallest absolute Gasteiger partial charge is 0.186 e. The van der Waals surface area contributed by atoms with E-state index in [0.29, 0.717) is 0 Å². The summed E-state index contributed by atoms with van der Waals surface area (Å²) in [6, 6.07) is 31.8. The van der Waals surface area contributed by atoms with Crippen molar-refractivity contribution in [1.82, 2.24) is 29.8 Å². The topological polar surface area (TPSA) is 91.1 Å². The number of fused-ring (bicyclic) bond motifs is 1. The average molecular weight is 1220 g/mol. The zero-order valence-electron chi connectivity index (χ0n) is 58.0. The van der Waals surface area contributed by atoms with E-state index in [1.165, 1.54) is 105 Å². The van der Waals surface area contributed by atoms with E-state index in [1.807, 2.05) is 67.5 Å². The quantitative estimate of drug-likeness (QED) is 0.157. The molecule has 8 aromatic rings. The highest BCUT2D eigenvalue weighted by Gasteiger charge is 2.35. The fourth-order valence-electron chi connectivity index (χ4n) is 11.7. The maximum absolute atomic E-state index is 6.24. The molecule has 1 saturated heterocycles. The molecular formula is C80H109ClN7O+. The first kappa shape index (κ1) is 70.3. The van der Waals surface area contributed by atoms with E-state index >= 15 is 0 Å². The summed E-state index contributed by atoms with van der Waals surface area (Å²) in [6.07, 6.45) is 26.4. The van der Waals surface area contributed by atoms with Crippen molar-refractivity contribution in [2.75, 3.05) is 26.3 Å². The predicted octanol–water partition coefficient (Wildman–Crippen LogP) is 20.2. The van der Waals surface area contributed by atoms with Crippen LogP contribution in [0.1, 0.15) is 242 Å². The van der Waals surface area contributed by atoms with Crippen molar-refractivity contribution >= 4 is 22.5 Å². The molecule has 1 aliphatic heterocycles. The number of aromatic nitrogens is 6. The zero-order valence-corrected chi connectivity index (χ0v) is 58.8. The molecule has 0 radical (unpaired) electrons. The molecular weight excluding hydrogens is 1110 g/mol. The second-order valence-electron chi connectivity index (χ2n) is 31.5. The molecule has 476 valence electrons. The van der Waals surface area contributed by atoms with E-state index in [1.54, 1.807) is 12.4 Å². The van der Waals surface area contributed by atoms with Crippen molar-refractivity contribution in [3.63, 3.8) is 0 Å². The van der Waals surface area contributed by atoms with E-state index in [0.717, 1.165) is 78.8 Å². The van der Waals surface area contributed by atoms with Crippen molar-refractivity contribution < 1.29 is 9.72 Å².